The maximum atomic E-state index is 13.3. The van der Waals surface area contributed by atoms with Gasteiger partial charge in [-0.1, -0.05) is 12.1 Å². The molecular weight excluding hydrogens is 502 g/mol. The summed E-state index contributed by atoms with van der Waals surface area (Å²) >= 11 is 0. The lowest BCUT2D eigenvalue weighted by atomic mass is 9.95. The first-order chi connectivity index (χ1) is 18.6. The molecule has 0 spiro atoms. The normalized spacial score (nSPS) is 20.7. The quantitative estimate of drug-likeness (QED) is 0.193. The van der Waals surface area contributed by atoms with Crippen LogP contribution in [0.4, 0.5) is 0 Å². The van der Waals surface area contributed by atoms with Crippen molar-refractivity contribution >= 4 is 17.7 Å². The number of phenolic OH excluding ortho intramolecular Hbond substituents is 2. The van der Waals surface area contributed by atoms with Crippen molar-refractivity contribution in [1.82, 2.24) is 16.0 Å². The zero-order chi connectivity index (χ0) is 28.5. The smallest absolute Gasteiger partial charge is 0.243 e. The molecule has 1 heterocycles. The van der Waals surface area contributed by atoms with Crippen LogP contribution in [0.25, 0.3) is 11.1 Å². The monoisotopic (exact) mass is 541 g/mol. The average Bonchev–Trinajstić information content (AvgIpc) is 2.91. The fraction of sp³-hybridized carbons (Fsp3) is 0.444. The Balaban J connectivity index is 2.03. The molecule has 0 radical (unpaired) electrons. The zero-order valence-electron chi connectivity index (χ0n) is 21.9. The number of amides is 3. The zero-order valence-corrected chi connectivity index (χ0v) is 21.9. The number of nitrogens with two attached hydrogens (primary N) is 4. The summed E-state index contributed by atoms with van der Waals surface area (Å²) in [6.45, 7) is 0.796. The molecule has 4 bridgehead atoms. The highest BCUT2D eigenvalue weighted by Crippen LogP contribution is 2.30. The Morgan fingerprint density at radius 3 is 2.15 bits per heavy atom. The first kappa shape index (κ1) is 29.8. The van der Waals surface area contributed by atoms with E-state index in [1.807, 2.05) is 0 Å². The van der Waals surface area contributed by atoms with E-state index in [4.69, 9.17) is 22.9 Å². The van der Waals surface area contributed by atoms with Crippen LogP contribution in [-0.4, -0.2) is 71.7 Å². The number of rotatable bonds is 8. The molecule has 0 aromatic heterocycles. The highest BCUT2D eigenvalue weighted by molar-refractivity contribution is 5.93. The van der Waals surface area contributed by atoms with E-state index in [1.165, 1.54) is 12.1 Å². The van der Waals surface area contributed by atoms with Gasteiger partial charge < -0.3 is 49.1 Å². The topological polar surface area (TPSA) is 232 Å². The molecule has 4 atom stereocenters. The number of fused-ring (bicyclic) bond motifs is 5. The van der Waals surface area contributed by atoms with Gasteiger partial charge in [-0.3, -0.25) is 14.4 Å². The second-order valence-corrected chi connectivity index (χ2v) is 9.84. The predicted octanol–water partition coefficient (Wildman–Crippen LogP) is -1.31. The fourth-order valence-corrected chi connectivity index (χ4v) is 4.43. The van der Waals surface area contributed by atoms with Gasteiger partial charge in [0.15, 0.2) is 0 Å². The van der Waals surface area contributed by atoms with E-state index in [0.717, 1.165) is 0 Å². The number of hydrogen-bond donors (Lipinski definition) is 9. The molecule has 12 nitrogen and oxygen atoms in total. The Labute approximate surface area is 227 Å². The average molecular weight is 542 g/mol. The predicted molar refractivity (Wildman–Crippen MR) is 147 cm³/mol. The molecule has 212 valence electrons. The van der Waals surface area contributed by atoms with Crippen LogP contribution in [0.15, 0.2) is 36.4 Å². The summed E-state index contributed by atoms with van der Waals surface area (Å²) in [7, 11) is 0. The standard InChI is InChI=1S/C27H39N7O5/c28-8-1-2-21-27(39)34-22(26(38)32-14-19(30)7-9-29)13-18-11-16(4-6-24(18)36)15-3-5-23(35)17(10-15)12-20(31)25(37)33-21/h3-6,10-11,19-22,35-36H,1-2,7-9,12-14,28-31H2,(H,32,38)(H,33,37)(H,34,39)/t19-,20-,21+,22+/m0/s1. The molecule has 3 amide bonds. The van der Waals surface area contributed by atoms with Gasteiger partial charge in [-0.15, -0.1) is 0 Å². The Bertz CT molecular complexity index is 1180. The van der Waals surface area contributed by atoms with Gasteiger partial charge in [0.25, 0.3) is 0 Å². The molecule has 0 saturated carbocycles. The second-order valence-electron chi connectivity index (χ2n) is 9.84. The molecule has 39 heavy (non-hydrogen) atoms. The summed E-state index contributed by atoms with van der Waals surface area (Å²) in [6.07, 6.45) is 1.14. The van der Waals surface area contributed by atoms with Gasteiger partial charge in [0, 0.05) is 25.4 Å². The van der Waals surface area contributed by atoms with E-state index in [-0.39, 0.29) is 49.9 Å². The molecule has 1 aliphatic rings. The molecule has 1 aliphatic heterocycles. The van der Waals surface area contributed by atoms with Crippen LogP contribution < -0.4 is 38.9 Å². The van der Waals surface area contributed by atoms with Crippen molar-refractivity contribution in [3.05, 3.63) is 47.5 Å². The van der Waals surface area contributed by atoms with Crippen molar-refractivity contribution in [2.75, 3.05) is 19.6 Å². The number of carbonyl (C=O) groups is 3. The minimum atomic E-state index is -1.09. The first-order valence-corrected chi connectivity index (χ1v) is 13.1. The number of benzene rings is 2. The molecular formula is C27H39N7O5. The summed E-state index contributed by atoms with van der Waals surface area (Å²) in [5, 5.41) is 29.2. The SMILES string of the molecule is NCCC[C@H]1NC(=O)[C@@H](N)Cc2cc(ccc2O)-c2ccc(O)c(c2)C[C@H](C(=O)NC[C@@H](N)CCN)NC1=O. The van der Waals surface area contributed by atoms with Gasteiger partial charge in [0.1, 0.15) is 23.6 Å². The van der Waals surface area contributed by atoms with Gasteiger partial charge in [-0.2, -0.15) is 0 Å². The van der Waals surface area contributed by atoms with Crippen molar-refractivity contribution < 1.29 is 24.6 Å². The van der Waals surface area contributed by atoms with Gasteiger partial charge >= 0.3 is 0 Å². The molecule has 13 N–H and O–H groups in total. The van der Waals surface area contributed by atoms with E-state index in [0.29, 0.717) is 41.6 Å². The summed E-state index contributed by atoms with van der Waals surface area (Å²) in [4.78, 5) is 39.5. The third kappa shape index (κ3) is 8.14. The number of hydrogen-bond acceptors (Lipinski definition) is 9. The molecule has 3 rings (SSSR count). The fourth-order valence-electron chi connectivity index (χ4n) is 4.43. The summed E-state index contributed by atoms with van der Waals surface area (Å²) in [6, 6.07) is 6.33. The van der Waals surface area contributed by atoms with Crippen molar-refractivity contribution in [3.8, 4) is 22.6 Å². The third-order valence-electron chi connectivity index (χ3n) is 6.73. The Kier molecular flexibility index (Phi) is 10.6. The van der Waals surface area contributed by atoms with Crippen LogP contribution in [0.1, 0.15) is 30.4 Å². The van der Waals surface area contributed by atoms with E-state index in [1.54, 1.807) is 24.3 Å². The first-order valence-electron chi connectivity index (χ1n) is 13.1. The van der Waals surface area contributed by atoms with Crippen LogP contribution in [-0.2, 0) is 27.2 Å². The number of carbonyl (C=O) groups excluding carboxylic acids is 3. The molecule has 0 saturated heterocycles. The van der Waals surface area contributed by atoms with Crippen LogP contribution in [0.2, 0.25) is 0 Å². The van der Waals surface area contributed by atoms with Gasteiger partial charge in [-0.25, -0.2) is 0 Å². The molecule has 0 aliphatic carbocycles. The van der Waals surface area contributed by atoms with E-state index >= 15 is 0 Å². The number of nitrogens with one attached hydrogen (secondary N) is 3. The lowest BCUT2D eigenvalue weighted by Gasteiger charge is -2.25. The lowest BCUT2D eigenvalue weighted by Crippen LogP contribution is -2.57. The highest BCUT2D eigenvalue weighted by Gasteiger charge is 2.29. The molecule has 2 aromatic rings. The lowest BCUT2D eigenvalue weighted by molar-refractivity contribution is -0.132. The van der Waals surface area contributed by atoms with Crippen molar-refractivity contribution in [3.63, 3.8) is 0 Å². The van der Waals surface area contributed by atoms with Crippen molar-refractivity contribution in [1.29, 1.82) is 0 Å². The van der Waals surface area contributed by atoms with Crippen LogP contribution in [0.3, 0.4) is 0 Å². The highest BCUT2D eigenvalue weighted by atomic mass is 16.3. The van der Waals surface area contributed by atoms with Crippen LogP contribution >= 0.6 is 0 Å². The summed E-state index contributed by atoms with van der Waals surface area (Å²) < 4.78 is 0. The van der Waals surface area contributed by atoms with Crippen molar-refractivity contribution in [2.45, 2.75) is 56.3 Å². The Morgan fingerprint density at radius 2 is 1.56 bits per heavy atom. The van der Waals surface area contributed by atoms with Crippen molar-refractivity contribution in [2.24, 2.45) is 22.9 Å². The second kappa shape index (κ2) is 13.9. The summed E-state index contributed by atoms with van der Waals surface area (Å²) in [5.74, 6) is -1.75. The third-order valence-corrected chi connectivity index (χ3v) is 6.73. The largest absolute Gasteiger partial charge is 0.508 e. The molecule has 2 aromatic carbocycles. The maximum absolute atomic E-state index is 13.3. The van der Waals surface area contributed by atoms with E-state index < -0.39 is 35.8 Å². The maximum Gasteiger partial charge on any atom is 0.243 e. The minimum absolute atomic E-state index is 0.0210. The van der Waals surface area contributed by atoms with E-state index in [9.17, 15) is 24.6 Å². The van der Waals surface area contributed by atoms with E-state index in [2.05, 4.69) is 16.0 Å². The van der Waals surface area contributed by atoms with Gasteiger partial charge in [0.2, 0.25) is 17.7 Å². The Hall–Kier alpha value is -3.71. The molecule has 0 fully saturated rings. The van der Waals surface area contributed by atoms with Gasteiger partial charge in [-0.05, 0) is 78.9 Å². The minimum Gasteiger partial charge on any atom is -0.508 e. The van der Waals surface area contributed by atoms with Gasteiger partial charge in [0.05, 0.1) is 6.04 Å². The molecule has 12 heteroatoms. The van der Waals surface area contributed by atoms with Crippen LogP contribution in [0, 0.1) is 0 Å². The summed E-state index contributed by atoms with van der Waals surface area (Å²) in [5.41, 5.74) is 25.6. The number of phenols is 2. The molecule has 0 unspecified atom stereocenters. The number of aromatic hydroxyl groups is 2. The van der Waals surface area contributed by atoms with Crippen LogP contribution in [0.5, 0.6) is 11.5 Å². The Morgan fingerprint density at radius 1 is 0.949 bits per heavy atom.